The lowest BCUT2D eigenvalue weighted by molar-refractivity contribution is 0.0434. The zero-order chi connectivity index (χ0) is 12.1. The standard InChI is InChI=1S/C14H22N2O/c1-16(13-7-10-17-11-8-13)9-6-12-4-2-3-5-14(12)15/h2-5,13H,6-11,15H2,1H3. The first-order valence-corrected chi connectivity index (χ1v) is 6.39. The summed E-state index contributed by atoms with van der Waals surface area (Å²) in [5, 5.41) is 0. The van der Waals surface area contributed by atoms with Gasteiger partial charge in [0.1, 0.15) is 0 Å². The highest BCUT2D eigenvalue weighted by Crippen LogP contribution is 2.15. The monoisotopic (exact) mass is 234 g/mol. The van der Waals surface area contributed by atoms with Crippen LogP contribution in [-0.4, -0.2) is 37.7 Å². The van der Waals surface area contributed by atoms with Crippen LogP contribution < -0.4 is 5.73 Å². The van der Waals surface area contributed by atoms with E-state index < -0.39 is 0 Å². The zero-order valence-electron chi connectivity index (χ0n) is 10.6. The van der Waals surface area contributed by atoms with Gasteiger partial charge in [-0.1, -0.05) is 18.2 Å². The maximum Gasteiger partial charge on any atom is 0.0480 e. The van der Waals surface area contributed by atoms with Crippen LogP contribution in [0.1, 0.15) is 18.4 Å². The Morgan fingerprint density at radius 2 is 2.00 bits per heavy atom. The van der Waals surface area contributed by atoms with E-state index in [1.807, 2.05) is 12.1 Å². The molecule has 0 spiro atoms. The van der Waals surface area contributed by atoms with E-state index in [1.54, 1.807) is 0 Å². The molecule has 0 amide bonds. The third-order valence-electron chi connectivity index (χ3n) is 3.60. The van der Waals surface area contributed by atoms with Gasteiger partial charge in [-0.25, -0.2) is 0 Å². The number of para-hydroxylation sites is 1. The summed E-state index contributed by atoms with van der Waals surface area (Å²) in [6.07, 6.45) is 3.34. The molecule has 0 atom stereocenters. The molecule has 3 nitrogen and oxygen atoms in total. The van der Waals surface area contributed by atoms with Crippen molar-refractivity contribution in [1.29, 1.82) is 0 Å². The number of benzene rings is 1. The lowest BCUT2D eigenvalue weighted by Gasteiger charge is -2.31. The van der Waals surface area contributed by atoms with Crippen molar-refractivity contribution in [2.24, 2.45) is 0 Å². The molecule has 1 fully saturated rings. The molecule has 17 heavy (non-hydrogen) atoms. The fourth-order valence-corrected chi connectivity index (χ4v) is 2.37. The minimum absolute atomic E-state index is 0.675. The molecule has 1 aliphatic heterocycles. The molecule has 1 aromatic carbocycles. The summed E-state index contributed by atoms with van der Waals surface area (Å²) in [7, 11) is 2.20. The minimum Gasteiger partial charge on any atom is -0.399 e. The Morgan fingerprint density at radius 3 is 2.71 bits per heavy atom. The van der Waals surface area contributed by atoms with Crippen LogP contribution in [0.5, 0.6) is 0 Å². The summed E-state index contributed by atoms with van der Waals surface area (Å²) in [4.78, 5) is 2.44. The van der Waals surface area contributed by atoms with E-state index in [1.165, 1.54) is 5.56 Å². The molecule has 0 saturated carbocycles. The van der Waals surface area contributed by atoms with Crippen molar-refractivity contribution in [3.05, 3.63) is 29.8 Å². The van der Waals surface area contributed by atoms with Gasteiger partial charge >= 0.3 is 0 Å². The van der Waals surface area contributed by atoms with Gasteiger partial charge < -0.3 is 15.4 Å². The Bertz CT molecular complexity index is 348. The Morgan fingerprint density at radius 1 is 1.29 bits per heavy atom. The maximum absolute atomic E-state index is 5.95. The van der Waals surface area contributed by atoms with E-state index in [9.17, 15) is 0 Å². The minimum atomic E-state index is 0.675. The fourth-order valence-electron chi connectivity index (χ4n) is 2.37. The van der Waals surface area contributed by atoms with Gasteiger partial charge in [-0.05, 0) is 37.9 Å². The number of nitrogen functional groups attached to an aromatic ring is 1. The average Bonchev–Trinajstić information content (AvgIpc) is 2.38. The quantitative estimate of drug-likeness (QED) is 0.809. The summed E-state index contributed by atoms with van der Waals surface area (Å²) < 4.78 is 5.39. The van der Waals surface area contributed by atoms with E-state index >= 15 is 0 Å². The summed E-state index contributed by atoms with van der Waals surface area (Å²) in [6, 6.07) is 8.81. The normalized spacial score (nSPS) is 17.5. The second-order valence-corrected chi connectivity index (χ2v) is 4.77. The molecule has 1 aromatic rings. The zero-order valence-corrected chi connectivity index (χ0v) is 10.6. The van der Waals surface area contributed by atoms with Crippen LogP contribution in [0.15, 0.2) is 24.3 Å². The number of rotatable bonds is 4. The van der Waals surface area contributed by atoms with E-state index in [-0.39, 0.29) is 0 Å². The van der Waals surface area contributed by atoms with E-state index in [2.05, 4.69) is 24.1 Å². The Balaban J connectivity index is 1.83. The molecule has 94 valence electrons. The van der Waals surface area contributed by atoms with Crippen molar-refractivity contribution >= 4 is 5.69 Å². The van der Waals surface area contributed by atoms with Gasteiger partial charge in [-0.3, -0.25) is 0 Å². The maximum atomic E-state index is 5.95. The topological polar surface area (TPSA) is 38.5 Å². The second kappa shape index (κ2) is 6.03. The summed E-state index contributed by atoms with van der Waals surface area (Å²) in [5.41, 5.74) is 8.11. The van der Waals surface area contributed by atoms with E-state index in [0.717, 1.165) is 44.7 Å². The Hall–Kier alpha value is -1.06. The van der Waals surface area contributed by atoms with Crippen molar-refractivity contribution in [2.75, 3.05) is 32.5 Å². The third kappa shape index (κ3) is 3.45. The largest absolute Gasteiger partial charge is 0.399 e. The highest BCUT2D eigenvalue weighted by molar-refractivity contribution is 5.46. The van der Waals surface area contributed by atoms with Gasteiger partial charge in [0.05, 0.1) is 0 Å². The summed E-state index contributed by atoms with van der Waals surface area (Å²) in [5.74, 6) is 0. The molecule has 0 bridgehead atoms. The predicted octanol–water partition coefficient (Wildman–Crippen LogP) is 1.92. The van der Waals surface area contributed by atoms with Crippen LogP contribution in [0.25, 0.3) is 0 Å². The number of hydrogen-bond acceptors (Lipinski definition) is 3. The molecular formula is C14H22N2O. The van der Waals surface area contributed by atoms with Gasteiger partial charge in [-0.15, -0.1) is 0 Å². The van der Waals surface area contributed by atoms with E-state index in [0.29, 0.717) is 6.04 Å². The van der Waals surface area contributed by atoms with Crippen molar-refractivity contribution in [3.63, 3.8) is 0 Å². The van der Waals surface area contributed by atoms with Crippen LogP contribution in [0.2, 0.25) is 0 Å². The van der Waals surface area contributed by atoms with Crippen LogP contribution in [0, 0.1) is 0 Å². The first-order valence-electron chi connectivity index (χ1n) is 6.39. The number of nitrogens with two attached hydrogens (primary N) is 1. The van der Waals surface area contributed by atoms with E-state index in [4.69, 9.17) is 10.5 Å². The highest BCUT2D eigenvalue weighted by Gasteiger charge is 2.17. The molecule has 0 unspecified atom stereocenters. The van der Waals surface area contributed by atoms with Gasteiger partial charge in [0.25, 0.3) is 0 Å². The summed E-state index contributed by atoms with van der Waals surface area (Å²) in [6.45, 7) is 2.88. The molecule has 1 heterocycles. The molecule has 1 aliphatic rings. The van der Waals surface area contributed by atoms with Gasteiger partial charge in [0.2, 0.25) is 0 Å². The van der Waals surface area contributed by atoms with Gasteiger partial charge in [0.15, 0.2) is 0 Å². The number of ether oxygens (including phenoxy) is 1. The molecule has 2 N–H and O–H groups in total. The van der Waals surface area contributed by atoms with Gasteiger partial charge in [0, 0.05) is 31.5 Å². The molecule has 3 heteroatoms. The molecule has 1 saturated heterocycles. The van der Waals surface area contributed by atoms with Crippen molar-refractivity contribution in [3.8, 4) is 0 Å². The van der Waals surface area contributed by atoms with Crippen LogP contribution >= 0.6 is 0 Å². The van der Waals surface area contributed by atoms with Crippen molar-refractivity contribution < 1.29 is 4.74 Å². The lowest BCUT2D eigenvalue weighted by Crippen LogP contribution is -2.37. The molecule has 0 radical (unpaired) electrons. The molecule has 0 aliphatic carbocycles. The van der Waals surface area contributed by atoms with Crippen molar-refractivity contribution in [1.82, 2.24) is 4.90 Å². The predicted molar refractivity (Wildman–Crippen MR) is 71.0 cm³/mol. The first kappa shape index (κ1) is 12.4. The highest BCUT2D eigenvalue weighted by atomic mass is 16.5. The van der Waals surface area contributed by atoms with Crippen molar-refractivity contribution in [2.45, 2.75) is 25.3 Å². The fraction of sp³-hybridized carbons (Fsp3) is 0.571. The molecule has 0 aromatic heterocycles. The lowest BCUT2D eigenvalue weighted by atomic mass is 10.1. The number of nitrogens with zero attached hydrogens (tertiary/aromatic N) is 1. The molecule has 2 rings (SSSR count). The number of likely N-dealkylation sites (N-methyl/N-ethyl adjacent to an activating group) is 1. The van der Waals surface area contributed by atoms with Gasteiger partial charge in [-0.2, -0.15) is 0 Å². The average molecular weight is 234 g/mol. The summed E-state index contributed by atoms with van der Waals surface area (Å²) >= 11 is 0. The Labute approximate surface area is 104 Å². The second-order valence-electron chi connectivity index (χ2n) is 4.77. The first-order chi connectivity index (χ1) is 8.27. The number of hydrogen-bond donors (Lipinski definition) is 1. The SMILES string of the molecule is CN(CCc1ccccc1N)C1CCOCC1. The Kier molecular flexibility index (Phi) is 4.40. The number of anilines is 1. The smallest absolute Gasteiger partial charge is 0.0480 e. The third-order valence-corrected chi connectivity index (χ3v) is 3.60. The van der Waals surface area contributed by atoms with Crippen LogP contribution in [-0.2, 0) is 11.2 Å². The van der Waals surface area contributed by atoms with Crippen LogP contribution in [0.3, 0.4) is 0 Å². The molecular weight excluding hydrogens is 212 g/mol. The van der Waals surface area contributed by atoms with Crippen LogP contribution in [0.4, 0.5) is 5.69 Å².